The lowest BCUT2D eigenvalue weighted by Crippen LogP contribution is -2.18. The summed E-state index contributed by atoms with van der Waals surface area (Å²) >= 11 is 5.66. The van der Waals surface area contributed by atoms with Gasteiger partial charge < -0.3 is 9.47 Å². The standard InChI is InChI=1S/C11H10ClNO5/c12-7-1-2-9(10(5-7)13(15)16)11(14)18-8-3-4-17-6-8/h1-2,5,8H,3-4,6H2/t8-/m0/s1. The number of nitro benzene ring substituents is 1. The molecule has 0 unspecified atom stereocenters. The zero-order valence-electron chi connectivity index (χ0n) is 9.30. The van der Waals surface area contributed by atoms with Crippen LogP contribution in [-0.2, 0) is 9.47 Å². The third-order valence-corrected chi connectivity index (χ3v) is 2.77. The topological polar surface area (TPSA) is 78.7 Å². The second kappa shape index (κ2) is 5.32. The lowest BCUT2D eigenvalue weighted by molar-refractivity contribution is -0.385. The Morgan fingerprint density at radius 2 is 2.33 bits per heavy atom. The maximum Gasteiger partial charge on any atom is 0.345 e. The Balaban J connectivity index is 2.20. The maximum atomic E-state index is 11.8. The monoisotopic (exact) mass is 271 g/mol. The molecular formula is C11H10ClNO5. The molecule has 1 atom stereocenters. The smallest absolute Gasteiger partial charge is 0.345 e. The lowest BCUT2D eigenvalue weighted by atomic mass is 10.2. The number of ether oxygens (including phenoxy) is 2. The lowest BCUT2D eigenvalue weighted by Gasteiger charge is -2.10. The average molecular weight is 272 g/mol. The number of benzene rings is 1. The first-order chi connectivity index (χ1) is 8.58. The van der Waals surface area contributed by atoms with E-state index >= 15 is 0 Å². The number of carbonyl (C=O) groups excluding carboxylic acids is 1. The van der Waals surface area contributed by atoms with Crippen molar-refractivity contribution < 1.29 is 19.2 Å². The van der Waals surface area contributed by atoms with Gasteiger partial charge in [0.05, 0.1) is 18.1 Å². The van der Waals surface area contributed by atoms with Gasteiger partial charge in [-0.3, -0.25) is 10.1 Å². The third-order valence-electron chi connectivity index (χ3n) is 2.54. The molecule has 0 saturated carbocycles. The zero-order chi connectivity index (χ0) is 13.1. The molecule has 0 amide bonds. The van der Waals surface area contributed by atoms with Gasteiger partial charge in [-0.25, -0.2) is 4.79 Å². The molecule has 0 aromatic heterocycles. The van der Waals surface area contributed by atoms with Crippen LogP contribution < -0.4 is 0 Å². The Bertz CT molecular complexity index is 484. The van der Waals surface area contributed by atoms with E-state index in [0.717, 1.165) is 6.07 Å². The van der Waals surface area contributed by atoms with E-state index in [-0.39, 0.29) is 22.4 Å². The van der Waals surface area contributed by atoms with Crippen LogP contribution in [0.5, 0.6) is 0 Å². The highest BCUT2D eigenvalue weighted by Gasteiger charge is 2.26. The summed E-state index contributed by atoms with van der Waals surface area (Å²) in [5.41, 5.74) is -0.456. The fourth-order valence-electron chi connectivity index (χ4n) is 1.65. The summed E-state index contributed by atoms with van der Waals surface area (Å²) in [4.78, 5) is 22.0. The summed E-state index contributed by atoms with van der Waals surface area (Å²) < 4.78 is 10.2. The van der Waals surface area contributed by atoms with Crippen LogP contribution in [0.4, 0.5) is 5.69 Å². The van der Waals surface area contributed by atoms with E-state index in [2.05, 4.69) is 0 Å². The van der Waals surface area contributed by atoms with Gasteiger partial charge in [0.1, 0.15) is 11.7 Å². The van der Waals surface area contributed by atoms with Gasteiger partial charge in [-0.2, -0.15) is 0 Å². The van der Waals surface area contributed by atoms with Crippen molar-refractivity contribution in [3.05, 3.63) is 38.9 Å². The van der Waals surface area contributed by atoms with Gasteiger partial charge in [-0.05, 0) is 12.1 Å². The minimum absolute atomic E-state index is 0.101. The molecular weight excluding hydrogens is 262 g/mol. The summed E-state index contributed by atoms with van der Waals surface area (Å²) in [5.74, 6) is -0.728. The molecule has 1 aliphatic heterocycles. The van der Waals surface area contributed by atoms with Crippen LogP contribution in [0.1, 0.15) is 16.8 Å². The Morgan fingerprint density at radius 3 is 2.94 bits per heavy atom. The Hall–Kier alpha value is -1.66. The Kier molecular flexibility index (Phi) is 3.78. The number of hydrogen-bond donors (Lipinski definition) is 0. The summed E-state index contributed by atoms with van der Waals surface area (Å²) in [7, 11) is 0. The van der Waals surface area contributed by atoms with E-state index in [4.69, 9.17) is 21.1 Å². The molecule has 0 aliphatic carbocycles. The highest BCUT2D eigenvalue weighted by Crippen LogP contribution is 2.24. The van der Waals surface area contributed by atoms with Gasteiger partial charge in [0, 0.05) is 17.5 Å². The van der Waals surface area contributed by atoms with Crippen LogP contribution in [0.3, 0.4) is 0 Å². The van der Waals surface area contributed by atoms with Crippen LogP contribution in [0.25, 0.3) is 0 Å². The van der Waals surface area contributed by atoms with E-state index < -0.39 is 10.9 Å². The first-order valence-corrected chi connectivity index (χ1v) is 5.68. The second-order valence-electron chi connectivity index (χ2n) is 3.81. The third kappa shape index (κ3) is 2.77. The molecule has 0 radical (unpaired) electrons. The zero-order valence-corrected chi connectivity index (χ0v) is 10.1. The predicted molar refractivity (Wildman–Crippen MR) is 62.7 cm³/mol. The van der Waals surface area contributed by atoms with Crippen molar-refractivity contribution >= 4 is 23.3 Å². The highest BCUT2D eigenvalue weighted by atomic mass is 35.5. The number of hydrogen-bond acceptors (Lipinski definition) is 5. The first kappa shape index (κ1) is 12.8. The molecule has 18 heavy (non-hydrogen) atoms. The molecule has 0 spiro atoms. The van der Waals surface area contributed by atoms with Crippen molar-refractivity contribution in [2.75, 3.05) is 13.2 Å². The molecule has 6 nitrogen and oxygen atoms in total. The van der Waals surface area contributed by atoms with E-state index in [9.17, 15) is 14.9 Å². The molecule has 1 aliphatic rings. The Morgan fingerprint density at radius 1 is 1.56 bits per heavy atom. The summed E-state index contributed by atoms with van der Waals surface area (Å²) in [6.07, 6.45) is 0.264. The number of rotatable bonds is 3. The Labute approximate surface area is 108 Å². The van der Waals surface area contributed by atoms with Crippen molar-refractivity contribution in [1.29, 1.82) is 0 Å². The first-order valence-electron chi connectivity index (χ1n) is 5.30. The quantitative estimate of drug-likeness (QED) is 0.478. The van der Waals surface area contributed by atoms with Crippen LogP contribution in [0.2, 0.25) is 5.02 Å². The van der Waals surface area contributed by atoms with Crippen LogP contribution in [0.15, 0.2) is 18.2 Å². The van der Waals surface area contributed by atoms with E-state index in [0.29, 0.717) is 19.6 Å². The highest BCUT2D eigenvalue weighted by molar-refractivity contribution is 6.31. The fourth-order valence-corrected chi connectivity index (χ4v) is 1.82. The molecule has 7 heteroatoms. The van der Waals surface area contributed by atoms with Crippen molar-refractivity contribution in [3.8, 4) is 0 Å². The van der Waals surface area contributed by atoms with Crippen molar-refractivity contribution in [2.45, 2.75) is 12.5 Å². The molecule has 1 aromatic rings. The SMILES string of the molecule is O=C(O[C@H]1CCOC1)c1ccc(Cl)cc1[N+](=O)[O-]. The summed E-state index contributed by atoms with van der Waals surface area (Å²) in [5, 5.41) is 11.0. The van der Waals surface area contributed by atoms with Gasteiger partial charge in [-0.15, -0.1) is 0 Å². The van der Waals surface area contributed by atoms with E-state index in [1.54, 1.807) is 0 Å². The number of esters is 1. The molecule has 1 aromatic carbocycles. The molecule has 2 rings (SSSR count). The van der Waals surface area contributed by atoms with Gasteiger partial charge in [0.15, 0.2) is 0 Å². The average Bonchev–Trinajstić information content (AvgIpc) is 2.81. The van der Waals surface area contributed by atoms with Gasteiger partial charge in [0.2, 0.25) is 0 Å². The number of halogens is 1. The van der Waals surface area contributed by atoms with Crippen molar-refractivity contribution in [2.24, 2.45) is 0 Å². The second-order valence-corrected chi connectivity index (χ2v) is 4.25. The normalized spacial score (nSPS) is 18.6. The molecule has 1 heterocycles. The van der Waals surface area contributed by atoms with E-state index in [1.165, 1.54) is 12.1 Å². The largest absolute Gasteiger partial charge is 0.456 e. The van der Waals surface area contributed by atoms with Crippen LogP contribution in [0, 0.1) is 10.1 Å². The molecule has 1 saturated heterocycles. The number of carbonyl (C=O) groups is 1. The van der Waals surface area contributed by atoms with Crippen LogP contribution >= 0.6 is 11.6 Å². The maximum absolute atomic E-state index is 11.8. The minimum Gasteiger partial charge on any atom is -0.456 e. The van der Waals surface area contributed by atoms with Crippen molar-refractivity contribution in [3.63, 3.8) is 0 Å². The molecule has 0 N–H and O–H groups in total. The van der Waals surface area contributed by atoms with Crippen LogP contribution in [-0.4, -0.2) is 30.2 Å². The predicted octanol–water partition coefficient (Wildman–Crippen LogP) is 2.19. The summed E-state index contributed by atoms with van der Waals surface area (Å²) in [6, 6.07) is 3.83. The van der Waals surface area contributed by atoms with Gasteiger partial charge >= 0.3 is 5.97 Å². The molecule has 96 valence electrons. The fraction of sp³-hybridized carbons (Fsp3) is 0.364. The summed E-state index contributed by atoms with van der Waals surface area (Å²) in [6.45, 7) is 0.855. The van der Waals surface area contributed by atoms with E-state index in [1.807, 2.05) is 0 Å². The van der Waals surface area contributed by atoms with Crippen molar-refractivity contribution in [1.82, 2.24) is 0 Å². The molecule has 0 bridgehead atoms. The minimum atomic E-state index is -0.728. The van der Waals surface area contributed by atoms with Gasteiger partial charge in [0.25, 0.3) is 5.69 Å². The number of nitrogens with zero attached hydrogens (tertiary/aromatic N) is 1. The van der Waals surface area contributed by atoms with Gasteiger partial charge in [-0.1, -0.05) is 11.6 Å². The number of nitro groups is 1. The molecule has 1 fully saturated rings.